The Morgan fingerprint density at radius 3 is 2.30 bits per heavy atom. The molecular formula is C16H35N3O. The van der Waals surface area contributed by atoms with Crippen molar-refractivity contribution in [2.45, 2.75) is 71.1 Å². The molecule has 1 fully saturated rings. The van der Waals surface area contributed by atoms with Gasteiger partial charge in [0.05, 0.1) is 6.61 Å². The van der Waals surface area contributed by atoms with Crippen molar-refractivity contribution in [2.24, 2.45) is 0 Å². The van der Waals surface area contributed by atoms with E-state index in [2.05, 4.69) is 56.8 Å². The van der Waals surface area contributed by atoms with E-state index in [9.17, 15) is 5.11 Å². The highest BCUT2D eigenvalue weighted by Gasteiger charge is 2.32. The average molecular weight is 285 g/mol. The van der Waals surface area contributed by atoms with Crippen molar-refractivity contribution in [3.05, 3.63) is 0 Å². The van der Waals surface area contributed by atoms with Gasteiger partial charge in [-0.3, -0.25) is 9.80 Å². The molecule has 1 aliphatic rings. The van der Waals surface area contributed by atoms with E-state index in [0.29, 0.717) is 18.1 Å². The fourth-order valence-corrected chi connectivity index (χ4v) is 3.21. The first-order valence-electron chi connectivity index (χ1n) is 8.15. The minimum atomic E-state index is -0.161. The topological polar surface area (TPSA) is 38.7 Å². The fraction of sp³-hybridized carbons (Fsp3) is 1.00. The lowest BCUT2D eigenvalue weighted by atomic mass is 9.92. The van der Waals surface area contributed by atoms with Gasteiger partial charge in [-0.05, 0) is 54.1 Å². The molecular weight excluding hydrogens is 250 g/mol. The van der Waals surface area contributed by atoms with Crippen LogP contribution in [0.1, 0.15) is 47.5 Å². The Morgan fingerprint density at radius 2 is 1.85 bits per heavy atom. The quantitative estimate of drug-likeness (QED) is 0.744. The van der Waals surface area contributed by atoms with Crippen molar-refractivity contribution in [1.29, 1.82) is 0 Å². The van der Waals surface area contributed by atoms with Gasteiger partial charge in [0.25, 0.3) is 0 Å². The summed E-state index contributed by atoms with van der Waals surface area (Å²) in [6.45, 7) is 14.6. The maximum absolute atomic E-state index is 9.72. The van der Waals surface area contributed by atoms with E-state index in [4.69, 9.17) is 0 Å². The molecule has 1 saturated heterocycles. The van der Waals surface area contributed by atoms with Gasteiger partial charge in [-0.1, -0.05) is 6.92 Å². The highest BCUT2D eigenvalue weighted by Crippen LogP contribution is 2.21. The van der Waals surface area contributed by atoms with E-state index in [1.54, 1.807) is 0 Å². The Hall–Kier alpha value is -0.160. The summed E-state index contributed by atoms with van der Waals surface area (Å²) in [5, 5.41) is 13.2. The molecule has 0 aliphatic carbocycles. The van der Waals surface area contributed by atoms with E-state index in [1.807, 2.05) is 0 Å². The van der Waals surface area contributed by atoms with E-state index in [1.165, 1.54) is 0 Å². The van der Waals surface area contributed by atoms with Crippen LogP contribution in [0.15, 0.2) is 0 Å². The smallest absolute Gasteiger partial charge is 0.0611 e. The summed E-state index contributed by atoms with van der Waals surface area (Å²) in [5.41, 5.74) is -0.161. The Morgan fingerprint density at radius 1 is 1.30 bits per heavy atom. The normalized spacial score (nSPS) is 30.1. The molecule has 120 valence electrons. The molecule has 2 N–H and O–H groups in total. The predicted molar refractivity (Wildman–Crippen MR) is 86.1 cm³/mol. The number of aliphatic hydroxyl groups excluding tert-OH is 1. The summed E-state index contributed by atoms with van der Waals surface area (Å²) in [5.74, 6) is 0. The lowest BCUT2D eigenvalue weighted by Gasteiger charge is -2.46. The highest BCUT2D eigenvalue weighted by atomic mass is 16.3. The summed E-state index contributed by atoms with van der Waals surface area (Å²) < 4.78 is 0. The molecule has 0 aromatic heterocycles. The molecule has 1 rings (SSSR count). The minimum absolute atomic E-state index is 0.161. The summed E-state index contributed by atoms with van der Waals surface area (Å²) in [6, 6.07) is 1.70. The van der Waals surface area contributed by atoms with Gasteiger partial charge in [-0.15, -0.1) is 0 Å². The first kappa shape index (κ1) is 17.9. The van der Waals surface area contributed by atoms with Crippen LogP contribution in [-0.2, 0) is 0 Å². The zero-order chi connectivity index (χ0) is 15.3. The molecule has 0 amide bonds. The Kier molecular flexibility index (Phi) is 6.92. The first-order valence-corrected chi connectivity index (χ1v) is 8.15. The molecule has 0 radical (unpaired) electrons. The standard InChI is InChI=1S/C16H35N3O/c1-7-8-17-16(5,12-20)9-13(2)19-10-14(3)18(6)15(4)11-19/h13-15,17,20H,7-12H2,1-6H3. The Labute approximate surface area is 125 Å². The van der Waals surface area contributed by atoms with E-state index >= 15 is 0 Å². The van der Waals surface area contributed by atoms with Gasteiger partial charge in [-0.2, -0.15) is 0 Å². The van der Waals surface area contributed by atoms with E-state index in [-0.39, 0.29) is 12.1 Å². The molecule has 4 unspecified atom stereocenters. The van der Waals surface area contributed by atoms with Crippen molar-refractivity contribution in [3.8, 4) is 0 Å². The SMILES string of the molecule is CCCNC(C)(CO)CC(C)N1CC(C)N(C)C(C)C1. The lowest BCUT2D eigenvalue weighted by molar-refractivity contribution is 0.0235. The van der Waals surface area contributed by atoms with Gasteiger partial charge in [-0.25, -0.2) is 0 Å². The fourth-order valence-electron chi connectivity index (χ4n) is 3.21. The number of hydrogen-bond donors (Lipinski definition) is 2. The van der Waals surface area contributed by atoms with Crippen molar-refractivity contribution in [1.82, 2.24) is 15.1 Å². The van der Waals surface area contributed by atoms with Crippen LogP contribution in [0.4, 0.5) is 0 Å². The molecule has 0 aromatic rings. The maximum atomic E-state index is 9.72. The third-order valence-electron chi connectivity index (χ3n) is 4.91. The van der Waals surface area contributed by atoms with Gasteiger partial charge >= 0.3 is 0 Å². The van der Waals surface area contributed by atoms with Gasteiger partial charge < -0.3 is 10.4 Å². The average Bonchev–Trinajstić information content (AvgIpc) is 2.42. The third kappa shape index (κ3) is 4.69. The van der Waals surface area contributed by atoms with E-state index < -0.39 is 0 Å². The zero-order valence-corrected chi connectivity index (χ0v) is 14.3. The van der Waals surface area contributed by atoms with Crippen molar-refractivity contribution in [2.75, 3.05) is 33.3 Å². The molecule has 4 atom stereocenters. The zero-order valence-electron chi connectivity index (χ0n) is 14.3. The minimum Gasteiger partial charge on any atom is -0.394 e. The van der Waals surface area contributed by atoms with Crippen molar-refractivity contribution >= 4 is 0 Å². The molecule has 0 saturated carbocycles. The Balaban J connectivity index is 2.58. The second-order valence-electron chi connectivity index (χ2n) is 7.02. The number of piperazine rings is 1. The van der Waals surface area contributed by atoms with Crippen LogP contribution >= 0.6 is 0 Å². The maximum Gasteiger partial charge on any atom is 0.0611 e. The van der Waals surface area contributed by atoms with Crippen molar-refractivity contribution < 1.29 is 5.11 Å². The number of hydrogen-bond acceptors (Lipinski definition) is 4. The van der Waals surface area contributed by atoms with Gasteiger partial charge in [0, 0.05) is 36.8 Å². The van der Waals surface area contributed by atoms with E-state index in [0.717, 1.165) is 32.5 Å². The molecule has 20 heavy (non-hydrogen) atoms. The van der Waals surface area contributed by atoms with Crippen LogP contribution in [0.25, 0.3) is 0 Å². The summed E-state index contributed by atoms with van der Waals surface area (Å²) in [4.78, 5) is 5.04. The van der Waals surface area contributed by atoms with Crippen molar-refractivity contribution in [3.63, 3.8) is 0 Å². The lowest BCUT2D eigenvalue weighted by Crippen LogP contribution is -2.59. The number of likely N-dealkylation sites (N-methyl/N-ethyl adjacent to an activating group) is 1. The van der Waals surface area contributed by atoms with Gasteiger partial charge in [0.1, 0.15) is 0 Å². The molecule has 0 spiro atoms. The van der Waals surface area contributed by atoms with Gasteiger partial charge in [0.15, 0.2) is 0 Å². The molecule has 4 heteroatoms. The largest absolute Gasteiger partial charge is 0.394 e. The number of aliphatic hydroxyl groups is 1. The Bertz CT molecular complexity index is 275. The van der Waals surface area contributed by atoms with Crippen LogP contribution in [0.3, 0.4) is 0 Å². The highest BCUT2D eigenvalue weighted by molar-refractivity contribution is 4.91. The second-order valence-corrected chi connectivity index (χ2v) is 7.02. The summed E-state index contributed by atoms with van der Waals surface area (Å²) in [7, 11) is 2.22. The predicted octanol–water partition coefficient (Wildman–Crippen LogP) is 1.54. The van der Waals surface area contributed by atoms with Crippen LogP contribution in [0.5, 0.6) is 0 Å². The molecule has 1 heterocycles. The summed E-state index contributed by atoms with van der Waals surface area (Å²) in [6.07, 6.45) is 2.10. The second kappa shape index (κ2) is 7.74. The molecule has 4 nitrogen and oxygen atoms in total. The number of rotatable bonds is 7. The molecule has 0 bridgehead atoms. The summed E-state index contributed by atoms with van der Waals surface area (Å²) >= 11 is 0. The van der Waals surface area contributed by atoms with Crippen LogP contribution in [0.2, 0.25) is 0 Å². The third-order valence-corrected chi connectivity index (χ3v) is 4.91. The molecule has 1 aliphatic heterocycles. The van der Waals surface area contributed by atoms with Crippen LogP contribution in [-0.4, -0.2) is 71.9 Å². The molecule has 0 aromatic carbocycles. The van der Waals surface area contributed by atoms with Crippen LogP contribution in [0, 0.1) is 0 Å². The van der Waals surface area contributed by atoms with Crippen LogP contribution < -0.4 is 5.32 Å². The first-order chi connectivity index (χ1) is 9.33. The number of nitrogens with one attached hydrogen (secondary N) is 1. The monoisotopic (exact) mass is 285 g/mol. The number of nitrogens with zero attached hydrogens (tertiary/aromatic N) is 2. The van der Waals surface area contributed by atoms with Gasteiger partial charge in [0.2, 0.25) is 0 Å².